The van der Waals surface area contributed by atoms with Crippen LogP contribution in [0.3, 0.4) is 0 Å². The standard InChI is InChI=1S/C21H18Cl2N2O4S/c1-29-19-8-7-15(21(26)25-18-11-16(22)10-17(23)12-18)9-20(19)30(27,28)24-13-14-5-3-2-4-6-14/h2-12,24H,13H2,1H3,(H,25,26). The average molecular weight is 465 g/mol. The quantitative estimate of drug-likeness (QED) is 0.528. The van der Waals surface area contributed by atoms with Crippen LogP contribution in [0.1, 0.15) is 15.9 Å². The Labute approximate surface area is 184 Å². The van der Waals surface area contributed by atoms with Gasteiger partial charge in [0.15, 0.2) is 0 Å². The van der Waals surface area contributed by atoms with Crippen LogP contribution in [0.25, 0.3) is 0 Å². The van der Waals surface area contributed by atoms with Crippen LogP contribution in [-0.4, -0.2) is 21.4 Å². The minimum Gasteiger partial charge on any atom is -0.495 e. The van der Waals surface area contributed by atoms with E-state index in [0.29, 0.717) is 15.7 Å². The van der Waals surface area contributed by atoms with E-state index in [1.807, 2.05) is 18.2 Å². The predicted molar refractivity (Wildman–Crippen MR) is 118 cm³/mol. The summed E-state index contributed by atoms with van der Waals surface area (Å²) in [6.07, 6.45) is 0. The van der Waals surface area contributed by atoms with Crippen LogP contribution in [0, 0.1) is 0 Å². The lowest BCUT2D eigenvalue weighted by molar-refractivity contribution is 0.102. The maximum Gasteiger partial charge on any atom is 0.255 e. The van der Waals surface area contributed by atoms with E-state index in [9.17, 15) is 13.2 Å². The molecular weight excluding hydrogens is 447 g/mol. The van der Waals surface area contributed by atoms with Gasteiger partial charge >= 0.3 is 0 Å². The van der Waals surface area contributed by atoms with Crippen LogP contribution in [0.4, 0.5) is 5.69 Å². The van der Waals surface area contributed by atoms with Crippen molar-refractivity contribution in [1.29, 1.82) is 0 Å². The van der Waals surface area contributed by atoms with Gasteiger partial charge in [0, 0.05) is 27.8 Å². The number of amides is 1. The van der Waals surface area contributed by atoms with Crippen molar-refractivity contribution in [2.75, 3.05) is 12.4 Å². The Morgan fingerprint density at radius 3 is 2.27 bits per heavy atom. The Morgan fingerprint density at radius 1 is 0.967 bits per heavy atom. The van der Waals surface area contributed by atoms with Gasteiger partial charge in [-0.15, -0.1) is 0 Å². The van der Waals surface area contributed by atoms with E-state index < -0.39 is 15.9 Å². The molecule has 0 atom stereocenters. The van der Waals surface area contributed by atoms with Crippen LogP contribution < -0.4 is 14.8 Å². The molecule has 0 aliphatic carbocycles. The van der Waals surface area contributed by atoms with Crippen molar-refractivity contribution in [3.8, 4) is 5.75 Å². The third kappa shape index (κ3) is 5.52. The van der Waals surface area contributed by atoms with Crippen LogP contribution in [0.15, 0.2) is 71.6 Å². The molecule has 0 saturated carbocycles. The van der Waals surface area contributed by atoms with Crippen molar-refractivity contribution < 1.29 is 17.9 Å². The number of ether oxygens (including phenoxy) is 1. The molecule has 3 aromatic carbocycles. The molecule has 0 aromatic heterocycles. The summed E-state index contributed by atoms with van der Waals surface area (Å²) in [7, 11) is -2.58. The number of nitrogens with one attached hydrogen (secondary N) is 2. The predicted octanol–water partition coefficient (Wildman–Crippen LogP) is 4.73. The molecule has 6 nitrogen and oxygen atoms in total. The first-order valence-corrected chi connectivity index (χ1v) is 11.0. The van der Waals surface area contributed by atoms with Crippen molar-refractivity contribution in [2.45, 2.75) is 11.4 Å². The minimum absolute atomic E-state index is 0.101. The Hall–Kier alpha value is -2.58. The monoisotopic (exact) mass is 464 g/mol. The molecule has 30 heavy (non-hydrogen) atoms. The summed E-state index contributed by atoms with van der Waals surface area (Å²) in [5, 5.41) is 3.37. The summed E-state index contributed by atoms with van der Waals surface area (Å²) in [6, 6.07) is 17.8. The maximum absolute atomic E-state index is 12.8. The zero-order valence-corrected chi connectivity index (χ0v) is 18.2. The normalized spacial score (nSPS) is 11.2. The molecule has 2 N–H and O–H groups in total. The molecule has 0 aliphatic rings. The molecule has 0 radical (unpaired) electrons. The molecular formula is C21H18Cl2N2O4S. The molecule has 0 heterocycles. The smallest absolute Gasteiger partial charge is 0.255 e. The first-order chi connectivity index (χ1) is 14.3. The zero-order valence-electron chi connectivity index (χ0n) is 15.9. The van der Waals surface area contributed by atoms with Crippen molar-refractivity contribution in [2.24, 2.45) is 0 Å². The molecule has 0 fully saturated rings. The fourth-order valence-corrected chi connectivity index (χ4v) is 4.45. The molecule has 3 rings (SSSR count). The summed E-state index contributed by atoms with van der Waals surface area (Å²) in [6.45, 7) is 0.101. The van der Waals surface area contributed by atoms with Gasteiger partial charge in [-0.1, -0.05) is 53.5 Å². The summed E-state index contributed by atoms with van der Waals surface area (Å²) in [5.41, 5.74) is 1.32. The van der Waals surface area contributed by atoms with Crippen molar-refractivity contribution >= 4 is 44.8 Å². The first-order valence-electron chi connectivity index (χ1n) is 8.77. The van der Waals surface area contributed by atoms with E-state index in [0.717, 1.165) is 5.56 Å². The van der Waals surface area contributed by atoms with E-state index in [4.69, 9.17) is 27.9 Å². The number of hydrogen-bond donors (Lipinski definition) is 2. The third-order valence-electron chi connectivity index (χ3n) is 4.14. The Balaban J connectivity index is 1.86. The van der Waals surface area contributed by atoms with Crippen molar-refractivity contribution in [3.63, 3.8) is 0 Å². The third-order valence-corrected chi connectivity index (χ3v) is 6.00. The maximum atomic E-state index is 12.8. The highest BCUT2D eigenvalue weighted by Crippen LogP contribution is 2.27. The van der Waals surface area contributed by atoms with Gasteiger partial charge in [0.25, 0.3) is 5.91 Å². The zero-order chi connectivity index (χ0) is 21.7. The second-order valence-electron chi connectivity index (χ2n) is 6.29. The first kappa shape index (κ1) is 22.1. The lowest BCUT2D eigenvalue weighted by Gasteiger charge is -2.13. The second kappa shape index (κ2) is 9.49. The molecule has 156 valence electrons. The van der Waals surface area contributed by atoms with E-state index in [-0.39, 0.29) is 22.8 Å². The molecule has 9 heteroatoms. The summed E-state index contributed by atoms with van der Waals surface area (Å²) in [5.74, 6) is -0.395. The van der Waals surface area contributed by atoms with Gasteiger partial charge in [0.2, 0.25) is 10.0 Å². The number of hydrogen-bond acceptors (Lipinski definition) is 4. The molecule has 0 saturated heterocycles. The van der Waals surface area contributed by atoms with Crippen molar-refractivity contribution in [3.05, 3.63) is 87.9 Å². The van der Waals surface area contributed by atoms with Crippen LogP contribution in [0.5, 0.6) is 5.75 Å². The fourth-order valence-electron chi connectivity index (χ4n) is 2.71. The number of halogens is 2. The molecule has 0 unspecified atom stereocenters. The highest BCUT2D eigenvalue weighted by atomic mass is 35.5. The van der Waals surface area contributed by atoms with Gasteiger partial charge in [-0.25, -0.2) is 13.1 Å². The molecule has 0 aliphatic heterocycles. The van der Waals surface area contributed by atoms with Crippen LogP contribution in [0.2, 0.25) is 10.0 Å². The van der Waals surface area contributed by atoms with E-state index in [1.54, 1.807) is 12.1 Å². The largest absolute Gasteiger partial charge is 0.495 e. The number of carbonyl (C=O) groups excluding carboxylic acids is 1. The van der Waals surface area contributed by atoms with E-state index in [1.165, 1.54) is 43.5 Å². The number of anilines is 1. The van der Waals surface area contributed by atoms with Gasteiger partial charge in [0.05, 0.1) is 7.11 Å². The lowest BCUT2D eigenvalue weighted by atomic mass is 10.2. The Morgan fingerprint density at radius 2 is 1.63 bits per heavy atom. The molecule has 0 bridgehead atoms. The lowest BCUT2D eigenvalue weighted by Crippen LogP contribution is -2.24. The summed E-state index contributed by atoms with van der Waals surface area (Å²) >= 11 is 11.9. The second-order valence-corrected chi connectivity index (χ2v) is 8.90. The van der Waals surface area contributed by atoms with E-state index >= 15 is 0 Å². The highest BCUT2D eigenvalue weighted by molar-refractivity contribution is 7.89. The Bertz CT molecular complexity index is 1150. The van der Waals surface area contributed by atoms with Crippen LogP contribution in [-0.2, 0) is 16.6 Å². The van der Waals surface area contributed by atoms with Crippen LogP contribution >= 0.6 is 23.2 Å². The molecule has 1 amide bonds. The number of rotatable bonds is 7. The number of benzene rings is 3. The number of sulfonamides is 1. The van der Waals surface area contributed by atoms with Gasteiger partial charge < -0.3 is 10.1 Å². The molecule has 0 spiro atoms. The number of methoxy groups -OCH3 is 1. The van der Waals surface area contributed by atoms with Gasteiger partial charge in [-0.05, 0) is 42.0 Å². The summed E-state index contributed by atoms with van der Waals surface area (Å²) < 4.78 is 33.4. The topological polar surface area (TPSA) is 84.5 Å². The Kier molecular flexibility index (Phi) is 6.99. The highest BCUT2D eigenvalue weighted by Gasteiger charge is 2.22. The van der Waals surface area contributed by atoms with Crippen molar-refractivity contribution in [1.82, 2.24) is 4.72 Å². The SMILES string of the molecule is COc1ccc(C(=O)Nc2cc(Cl)cc(Cl)c2)cc1S(=O)(=O)NCc1ccccc1. The minimum atomic E-state index is -3.94. The number of carbonyl (C=O) groups is 1. The van der Waals surface area contributed by atoms with Gasteiger partial charge in [-0.2, -0.15) is 0 Å². The molecule has 3 aromatic rings. The van der Waals surface area contributed by atoms with Gasteiger partial charge in [-0.3, -0.25) is 4.79 Å². The fraction of sp³-hybridized carbons (Fsp3) is 0.0952. The van der Waals surface area contributed by atoms with E-state index in [2.05, 4.69) is 10.0 Å². The van der Waals surface area contributed by atoms with Gasteiger partial charge in [0.1, 0.15) is 10.6 Å². The average Bonchev–Trinajstić information content (AvgIpc) is 2.72. The summed E-state index contributed by atoms with van der Waals surface area (Å²) in [4.78, 5) is 12.5.